The predicted octanol–water partition coefficient (Wildman–Crippen LogP) is 2.21. The van der Waals surface area contributed by atoms with Crippen LogP contribution in [0.15, 0.2) is 18.2 Å². The Balaban J connectivity index is 2.10. The Labute approximate surface area is 127 Å². The molecule has 0 saturated carbocycles. The lowest BCUT2D eigenvalue weighted by Crippen LogP contribution is -2.35. The molecule has 116 valence electrons. The molecule has 1 aromatic carbocycles. The molecule has 4 heteroatoms. The van der Waals surface area contributed by atoms with Crippen molar-refractivity contribution < 1.29 is 4.79 Å². The van der Waals surface area contributed by atoms with Crippen molar-refractivity contribution in [3.63, 3.8) is 0 Å². The van der Waals surface area contributed by atoms with Crippen molar-refractivity contribution in [2.75, 3.05) is 18.0 Å². The number of anilines is 1. The average molecular weight is 289 g/mol. The van der Waals surface area contributed by atoms with E-state index in [0.717, 1.165) is 26.1 Å². The summed E-state index contributed by atoms with van der Waals surface area (Å²) in [5.74, 6) is 0.0625. The van der Waals surface area contributed by atoms with Crippen LogP contribution in [0, 0.1) is 6.92 Å². The molecule has 1 aromatic rings. The van der Waals surface area contributed by atoms with Crippen LogP contribution >= 0.6 is 0 Å². The lowest BCUT2D eigenvalue weighted by Gasteiger charge is -2.23. The summed E-state index contributed by atoms with van der Waals surface area (Å²) in [6.07, 6.45) is 1.02. The van der Waals surface area contributed by atoms with E-state index in [4.69, 9.17) is 0 Å². The van der Waals surface area contributed by atoms with Gasteiger partial charge in [-0.1, -0.05) is 31.5 Å². The Hall–Kier alpha value is -1.55. The normalized spacial score (nSPS) is 18.3. The molecule has 0 aliphatic carbocycles. The molecule has 1 heterocycles. The molecular formula is C17H27N3O. The minimum atomic E-state index is 0.0625. The minimum Gasteiger partial charge on any atom is -0.369 e. The molecule has 1 unspecified atom stereocenters. The van der Waals surface area contributed by atoms with Gasteiger partial charge in [0.15, 0.2) is 0 Å². The van der Waals surface area contributed by atoms with Crippen molar-refractivity contribution in [3.05, 3.63) is 29.3 Å². The first-order valence-electron chi connectivity index (χ1n) is 7.80. The number of nitrogens with one attached hydrogen (secondary N) is 2. The number of nitrogens with zero attached hydrogens (tertiary/aromatic N) is 1. The van der Waals surface area contributed by atoms with E-state index in [1.807, 2.05) is 0 Å². The Morgan fingerprint density at radius 1 is 1.43 bits per heavy atom. The Morgan fingerprint density at radius 2 is 2.19 bits per heavy atom. The average Bonchev–Trinajstić information content (AvgIpc) is 2.83. The Kier molecular flexibility index (Phi) is 5.23. The van der Waals surface area contributed by atoms with E-state index in [1.165, 1.54) is 16.8 Å². The van der Waals surface area contributed by atoms with Crippen LogP contribution in [0.4, 0.5) is 5.69 Å². The first kappa shape index (κ1) is 15.8. The third-order valence-corrected chi connectivity index (χ3v) is 3.87. The minimum absolute atomic E-state index is 0.0625. The third kappa shape index (κ3) is 4.46. The molecule has 1 saturated heterocycles. The van der Waals surface area contributed by atoms with Gasteiger partial charge in [0.2, 0.25) is 5.91 Å². The molecule has 1 fully saturated rings. The van der Waals surface area contributed by atoms with Crippen LogP contribution in [0.3, 0.4) is 0 Å². The van der Waals surface area contributed by atoms with Crippen molar-refractivity contribution in [1.29, 1.82) is 0 Å². The number of carbonyl (C=O) groups is 1. The molecule has 21 heavy (non-hydrogen) atoms. The second-order valence-corrected chi connectivity index (χ2v) is 6.30. The number of benzene rings is 1. The summed E-state index contributed by atoms with van der Waals surface area (Å²) in [6.45, 7) is 10.8. The molecule has 4 nitrogen and oxygen atoms in total. The van der Waals surface area contributed by atoms with Gasteiger partial charge in [0.1, 0.15) is 0 Å². The van der Waals surface area contributed by atoms with E-state index >= 15 is 0 Å². The van der Waals surface area contributed by atoms with Crippen LogP contribution in [0.2, 0.25) is 0 Å². The molecule has 0 aromatic heterocycles. The van der Waals surface area contributed by atoms with Gasteiger partial charge in [0, 0.05) is 44.3 Å². The highest BCUT2D eigenvalue weighted by Crippen LogP contribution is 2.26. The maximum Gasteiger partial charge on any atom is 0.217 e. The van der Waals surface area contributed by atoms with Crippen LogP contribution < -0.4 is 15.5 Å². The van der Waals surface area contributed by atoms with Crippen molar-refractivity contribution in [3.8, 4) is 0 Å². The predicted molar refractivity (Wildman–Crippen MR) is 87.6 cm³/mol. The fraction of sp³-hybridized carbons (Fsp3) is 0.588. The monoisotopic (exact) mass is 289 g/mol. The quantitative estimate of drug-likeness (QED) is 0.873. The van der Waals surface area contributed by atoms with E-state index in [0.29, 0.717) is 6.04 Å². The van der Waals surface area contributed by atoms with Crippen molar-refractivity contribution in [2.24, 2.45) is 0 Å². The molecule has 1 atom stereocenters. The lowest BCUT2D eigenvalue weighted by molar-refractivity contribution is -0.119. The Morgan fingerprint density at radius 3 is 2.86 bits per heavy atom. The van der Waals surface area contributed by atoms with E-state index in [1.54, 1.807) is 6.92 Å². The first-order valence-corrected chi connectivity index (χ1v) is 7.80. The summed E-state index contributed by atoms with van der Waals surface area (Å²) < 4.78 is 0. The first-order chi connectivity index (χ1) is 9.95. The molecule has 2 rings (SSSR count). The van der Waals surface area contributed by atoms with Crippen LogP contribution in [0.1, 0.15) is 38.3 Å². The smallest absolute Gasteiger partial charge is 0.217 e. The van der Waals surface area contributed by atoms with Crippen molar-refractivity contribution in [1.82, 2.24) is 10.6 Å². The fourth-order valence-electron chi connectivity index (χ4n) is 2.86. The van der Waals surface area contributed by atoms with Gasteiger partial charge in [-0.05, 0) is 25.0 Å². The molecule has 0 bridgehead atoms. The van der Waals surface area contributed by atoms with Crippen LogP contribution in [-0.2, 0) is 11.3 Å². The summed E-state index contributed by atoms with van der Waals surface area (Å²) in [5, 5.41) is 6.53. The van der Waals surface area contributed by atoms with Crippen molar-refractivity contribution >= 4 is 11.6 Å². The number of carbonyl (C=O) groups excluding carboxylic acids is 1. The van der Waals surface area contributed by atoms with Gasteiger partial charge >= 0.3 is 0 Å². The zero-order chi connectivity index (χ0) is 15.4. The maximum atomic E-state index is 11.2. The summed E-state index contributed by atoms with van der Waals surface area (Å²) in [4.78, 5) is 13.6. The molecule has 0 spiro atoms. The topological polar surface area (TPSA) is 44.4 Å². The second kappa shape index (κ2) is 6.94. The second-order valence-electron chi connectivity index (χ2n) is 6.30. The van der Waals surface area contributed by atoms with Gasteiger partial charge in [0.05, 0.1) is 0 Å². The van der Waals surface area contributed by atoms with Crippen LogP contribution in [0.25, 0.3) is 0 Å². The summed E-state index contributed by atoms with van der Waals surface area (Å²) in [6, 6.07) is 7.39. The van der Waals surface area contributed by atoms with E-state index in [9.17, 15) is 4.79 Å². The number of hydrogen-bond acceptors (Lipinski definition) is 3. The molecule has 0 radical (unpaired) electrons. The molecule has 1 aliphatic heterocycles. The van der Waals surface area contributed by atoms with Gasteiger partial charge in [-0.15, -0.1) is 0 Å². The van der Waals surface area contributed by atoms with Gasteiger partial charge in [-0.25, -0.2) is 0 Å². The number of rotatable bonds is 5. The van der Waals surface area contributed by atoms with Gasteiger partial charge in [-0.2, -0.15) is 0 Å². The zero-order valence-corrected chi connectivity index (χ0v) is 13.6. The van der Waals surface area contributed by atoms with E-state index in [-0.39, 0.29) is 11.9 Å². The standard InChI is InChI=1S/C17H27N3O/c1-12(2)18-10-15-9-13(3)5-6-17(15)20-8-7-16(11-20)19-14(4)21/h5-6,9,12,16,18H,7-8,10-11H2,1-4H3,(H,19,21). The van der Waals surface area contributed by atoms with Gasteiger partial charge in [-0.3, -0.25) is 4.79 Å². The summed E-state index contributed by atoms with van der Waals surface area (Å²) in [7, 11) is 0. The van der Waals surface area contributed by atoms with Crippen LogP contribution in [0.5, 0.6) is 0 Å². The molecular weight excluding hydrogens is 262 g/mol. The molecule has 1 aliphatic rings. The van der Waals surface area contributed by atoms with Gasteiger partial charge in [0.25, 0.3) is 0 Å². The van der Waals surface area contributed by atoms with E-state index < -0.39 is 0 Å². The highest BCUT2D eigenvalue weighted by Gasteiger charge is 2.24. The number of amides is 1. The summed E-state index contributed by atoms with van der Waals surface area (Å²) in [5.41, 5.74) is 3.92. The van der Waals surface area contributed by atoms with Gasteiger partial charge < -0.3 is 15.5 Å². The maximum absolute atomic E-state index is 11.2. The fourth-order valence-corrected chi connectivity index (χ4v) is 2.86. The zero-order valence-electron chi connectivity index (χ0n) is 13.6. The van der Waals surface area contributed by atoms with Crippen LogP contribution in [-0.4, -0.2) is 31.1 Å². The Bertz CT molecular complexity index is 499. The number of hydrogen-bond donors (Lipinski definition) is 2. The lowest BCUT2D eigenvalue weighted by atomic mass is 10.1. The summed E-state index contributed by atoms with van der Waals surface area (Å²) >= 11 is 0. The van der Waals surface area contributed by atoms with Crippen molar-refractivity contribution in [2.45, 2.75) is 52.7 Å². The number of aryl methyl sites for hydroxylation is 1. The highest BCUT2D eigenvalue weighted by molar-refractivity contribution is 5.73. The highest BCUT2D eigenvalue weighted by atomic mass is 16.1. The molecule has 2 N–H and O–H groups in total. The van der Waals surface area contributed by atoms with E-state index in [2.05, 4.69) is 54.5 Å². The largest absolute Gasteiger partial charge is 0.369 e. The third-order valence-electron chi connectivity index (χ3n) is 3.87. The molecule has 1 amide bonds. The SMILES string of the molecule is CC(=O)NC1CCN(c2ccc(C)cc2CNC(C)C)C1.